The van der Waals surface area contributed by atoms with Crippen LogP contribution < -0.4 is 5.32 Å². The van der Waals surface area contributed by atoms with Gasteiger partial charge in [-0.15, -0.1) is 11.3 Å². The van der Waals surface area contributed by atoms with E-state index in [4.69, 9.17) is 0 Å². The zero-order chi connectivity index (χ0) is 17.9. The molecule has 2 heterocycles. The van der Waals surface area contributed by atoms with Crippen LogP contribution in [-0.4, -0.2) is 20.9 Å². The van der Waals surface area contributed by atoms with Gasteiger partial charge in [0.15, 0.2) is 5.13 Å². The molecule has 2 aromatic heterocycles. The Morgan fingerprint density at radius 2 is 1.77 bits per heavy atom. The Bertz CT molecular complexity index is 1070. The Hall–Kier alpha value is -3.12. The highest BCUT2D eigenvalue weighted by Crippen LogP contribution is 2.22. The van der Waals surface area contributed by atoms with E-state index in [-0.39, 0.29) is 11.6 Å². The predicted octanol–water partition coefficient (Wildman–Crippen LogP) is 4.24. The highest BCUT2D eigenvalue weighted by molar-refractivity contribution is 7.15. The Labute approximate surface area is 154 Å². The van der Waals surface area contributed by atoms with Crippen LogP contribution >= 0.6 is 11.3 Å². The molecule has 0 aliphatic heterocycles. The van der Waals surface area contributed by atoms with Gasteiger partial charge in [-0.05, 0) is 24.6 Å². The monoisotopic (exact) mass is 360 g/mol. The molecule has 128 valence electrons. The van der Waals surface area contributed by atoms with Gasteiger partial charge in [0.25, 0.3) is 5.91 Å². The van der Waals surface area contributed by atoms with E-state index in [2.05, 4.69) is 51.5 Å². The molecule has 0 aliphatic carbocycles. The van der Waals surface area contributed by atoms with Gasteiger partial charge in [0.2, 0.25) is 0 Å². The van der Waals surface area contributed by atoms with Gasteiger partial charge in [-0.3, -0.25) is 15.1 Å². The molecule has 2 aromatic carbocycles. The standard InChI is InChI=1S/C20H16N4OS/c1-13-6-8-14(9-7-13)10-15-11-22-20(26-15)24-19(25)18-12-21-16-4-2-3-5-17(16)23-18/h2-9,11-12H,10H2,1H3,(H,22,24,25). The number of nitrogens with one attached hydrogen (secondary N) is 1. The lowest BCUT2D eigenvalue weighted by molar-refractivity contribution is 0.102. The SMILES string of the molecule is Cc1ccc(Cc2cnc(NC(=O)c3cnc4ccccc4n3)s2)cc1. The summed E-state index contributed by atoms with van der Waals surface area (Å²) in [4.78, 5) is 26.4. The van der Waals surface area contributed by atoms with Crippen LogP contribution in [0.15, 0.2) is 60.9 Å². The van der Waals surface area contributed by atoms with Crippen molar-refractivity contribution in [1.82, 2.24) is 15.0 Å². The van der Waals surface area contributed by atoms with Gasteiger partial charge < -0.3 is 0 Å². The van der Waals surface area contributed by atoms with Crippen molar-refractivity contribution in [3.63, 3.8) is 0 Å². The fraction of sp³-hybridized carbons (Fsp3) is 0.100. The number of aromatic nitrogens is 3. The molecule has 0 atom stereocenters. The van der Waals surface area contributed by atoms with E-state index < -0.39 is 0 Å². The van der Waals surface area contributed by atoms with Gasteiger partial charge in [0, 0.05) is 17.5 Å². The maximum atomic E-state index is 12.4. The number of carbonyl (C=O) groups excluding carboxylic acids is 1. The van der Waals surface area contributed by atoms with Crippen LogP contribution in [0.1, 0.15) is 26.5 Å². The number of benzene rings is 2. The van der Waals surface area contributed by atoms with Crippen LogP contribution in [0.25, 0.3) is 11.0 Å². The zero-order valence-electron chi connectivity index (χ0n) is 14.1. The molecular weight excluding hydrogens is 344 g/mol. The lowest BCUT2D eigenvalue weighted by atomic mass is 10.1. The summed E-state index contributed by atoms with van der Waals surface area (Å²) in [5.74, 6) is -0.306. The number of para-hydroxylation sites is 2. The van der Waals surface area contributed by atoms with Crippen molar-refractivity contribution in [3.05, 3.63) is 82.6 Å². The van der Waals surface area contributed by atoms with Crippen molar-refractivity contribution < 1.29 is 4.79 Å². The number of fused-ring (bicyclic) bond motifs is 1. The minimum Gasteiger partial charge on any atom is -0.296 e. The molecule has 1 N–H and O–H groups in total. The van der Waals surface area contributed by atoms with Gasteiger partial charge in [0.1, 0.15) is 5.69 Å². The zero-order valence-corrected chi connectivity index (χ0v) is 15.0. The summed E-state index contributed by atoms with van der Waals surface area (Å²) in [6.45, 7) is 2.07. The topological polar surface area (TPSA) is 67.8 Å². The van der Waals surface area contributed by atoms with Crippen LogP contribution in [-0.2, 0) is 6.42 Å². The Kier molecular flexibility index (Phi) is 4.41. The van der Waals surface area contributed by atoms with Crippen LogP contribution in [0.5, 0.6) is 0 Å². The average molecular weight is 360 g/mol. The van der Waals surface area contributed by atoms with Gasteiger partial charge in [-0.2, -0.15) is 0 Å². The van der Waals surface area contributed by atoms with Crippen LogP contribution in [0.2, 0.25) is 0 Å². The Morgan fingerprint density at radius 3 is 2.58 bits per heavy atom. The van der Waals surface area contributed by atoms with E-state index in [9.17, 15) is 4.79 Å². The molecule has 0 radical (unpaired) electrons. The summed E-state index contributed by atoms with van der Waals surface area (Å²) in [6.07, 6.45) is 4.08. The molecule has 5 nitrogen and oxygen atoms in total. The summed E-state index contributed by atoms with van der Waals surface area (Å²) in [6, 6.07) is 15.9. The maximum absolute atomic E-state index is 12.4. The van der Waals surface area contributed by atoms with E-state index in [1.807, 2.05) is 24.3 Å². The minimum absolute atomic E-state index is 0.277. The molecule has 0 unspecified atom stereocenters. The molecule has 0 aliphatic rings. The second-order valence-electron chi connectivity index (χ2n) is 5.99. The number of hydrogen-bond acceptors (Lipinski definition) is 5. The van der Waals surface area contributed by atoms with Crippen molar-refractivity contribution in [3.8, 4) is 0 Å². The molecule has 6 heteroatoms. The second kappa shape index (κ2) is 7.01. The third kappa shape index (κ3) is 3.60. The van der Waals surface area contributed by atoms with Crippen molar-refractivity contribution in [2.75, 3.05) is 5.32 Å². The van der Waals surface area contributed by atoms with Crippen molar-refractivity contribution >= 4 is 33.4 Å². The van der Waals surface area contributed by atoms with Gasteiger partial charge in [0.05, 0.1) is 17.2 Å². The summed E-state index contributed by atoms with van der Waals surface area (Å²) in [5.41, 5.74) is 4.19. The number of hydrogen-bond donors (Lipinski definition) is 1. The average Bonchev–Trinajstić information content (AvgIpc) is 3.10. The van der Waals surface area contributed by atoms with E-state index in [0.29, 0.717) is 10.6 Å². The number of rotatable bonds is 4. The number of amides is 1. The highest BCUT2D eigenvalue weighted by Gasteiger charge is 2.12. The maximum Gasteiger partial charge on any atom is 0.277 e. The molecule has 26 heavy (non-hydrogen) atoms. The highest BCUT2D eigenvalue weighted by atomic mass is 32.1. The molecule has 0 spiro atoms. The smallest absolute Gasteiger partial charge is 0.277 e. The number of anilines is 1. The van der Waals surface area contributed by atoms with E-state index >= 15 is 0 Å². The van der Waals surface area contributed by atoms with E-state index in [0.717, 1.165) is 16.8 Å². The largest absolute Gasteiger partial charge is 0.296 e. The predicted molar refractivity (Wildman–Crippen MR) is 104 cm³/mol. The van der Waals surface area contributed by atoms with Crippen molar-refractivity contribution in [2.45, 2.75) is 13.3 Å². The fourth-order valence-electron chi connectivity index (χ4n) is 2.58. The molecule has 0 bridgehead atoms. The number of nitrogens with zero attached hydrogens (tertiary/aromatic N) is 3. The van der Waals surface area contributed by atoms with E-state index in [1.54, 1.807) is 6.20 Å². The Balaban J connectivity index is 1.47. The molecule has 4 aromatic rings. The third-order valence-corrected chi connectivity index (χ3v) is 4.87. The Morgan fingerprint density at radius 1 is 1.00 bits per heavy atom. The summed E-state index contributed by atoms with van der Waals surface area (Å²) < 4.78 is 0. The van der Waals surface area contributed by atoms with Crippen LogP contribution in [0.4, 0.5) is 5.13 Å². The number of thiazole rings is 1. The van der Waals surface area contributed by atoms with Gasteiger partial charge >= 0.3 is 0 Å². The molecular formula is C20H16N4OS. The molecule has 0 saturated heterocycles. The first kappa shape index (κ1) is 16.4. The summed E-state index contributed by atoms with van der Waals surface area (Å²) in [7, 11) is 0. The summed E-state index contributed by atoms with van der Waals surface area (Å²) in [5, 5.41) is 3.37. The normalized spacial score (nSPS) is 10.8. The lowest BCUT2D eigenvalue weighted by Gasteiger charge is -2.02. The second-order valence-corrected chi connectivity index (χ2v) is 7.11. The first-order valence-electron chi connectivity index (χ1n) is 8.21. The lowest BCUT2D eigenvalue weighted by Crippen LogP contribution is -2.13. The van der Waals surface area contributed by atoms with E-state index in [1.165, 1.54) is 28.7 Å². The van der Waals surface area contributed by atoms with Crippen molar-refractivity contribution in [1.29, 1.82) is 0 Å². The molecule has 4 rings (SSSR count). The minimum atomic E-state index is -0.306. The van der Waals surface area contributed by atoms with Gasteiger partial charge in [-0.25, -0.2) is 9.97 Å². The van der Waals surface area contributed by atoms with Crippen LogP contribution in [0.3, 0.4) is 0 Å². The third-order valence-electron chi connectivity index (χ3n) is 3.95. The molecule has 0 saturated carbocycles. The number of aryl methyl sites for hydroxylation is 1. The number of carbonyl (C=O) groups is 1. The first-order chi connectivity index (χ1) is 12.7. The van der Waals surface area contributed by atoms with Crippen LogP contribution in [0, 0.1) is 6.92 Å². The first-order valence-corrected chi connectivity index (χ1v) is 9.02. The fourth-order valence-corrected chi connectivity index (χ4v) is 3.42. The van der Waals surface area contributed by atoms with Crippen molar-refractivity contribution in [2.24, 2.45) is 0 Å². The molecule has 0 fully saturated rings. The van der Waals surface area contributed by atoms with Gasteiger partial charge in [-0.1, -0.05) is 42.0 Å². The molecule has 1 amide bonds. The quantitative estimate of drug-likeness (QED) is 0.591. The summed E-state index contributed by atoms with van der Waals surface area (Å²) >= 11 is 1.47.